The number of halogens is 4. The van der Waals surface area contributed by atoms with Crippen LogP contribution in [0.2, 0.25) is 5.02 Å². The van der Waals surface area contributed by atoms with Crippen LogP contribution in [-0.2, 0) is 29.2 Å². The first-order chi connectivity index (χ1) is 15.5. The minimum Gasteiger partial charge on any atom is -0.348 e. The number of hydrogen-bond donors (Lipinski definition) is 2. The molecule has 0 unspecified atom stereocenters. The van der Waals surface area contributed by atoms with Gasteiger partial charge in [0.05, 0.1) is 11.3 Å². The van der Waals surface area contributed by atoms with E-state index in [0.717, 1.165) is 16.7 Å². The maximum absolute atomic E-state index is 13.1. The van der Waals surface area contributed by atoms with E-state index in [1.807, 2.05) is 0 Å². The molecule has 2 aromatic carbocycles. The van der Waals surface area contributed by atoms with Gasteiger partial charge in [0.2, 0.25) is 0 Å². The number of nitrogens with zero attached hydrogens (tertiary/aromatic N) is 1. The van der Waals surface area contributed by atoms with Crippen molar-refractivity contribution in [3.05, 3.63) is 97.9 Å². The molecule has 0 saturated carbocycles. The number of amides is 1. The van der Waals surface area contributed by atoms with E-state index >= 15 is 0 Å². The second-order valence-electron chi connectivity index (χ2n) is 7.18. The molecule has 0 fully saturated rings. The van der Waals surface area contributed by atoms with Crippen molar-refractivity contribution in [1.82, 2.24) is 9.88 Å². The summed E-state index contributed by atoms with van der Waals surface area (Å²) in [6.07, 6.45) is -4.58. The predicted molar refractivity (Wildman–Crippen MR) is 118 cm³/mol. The zero-order valence-electron chi connectivity index (χ0n) is 17.1. The Morgan fingerprint density at radius 1 is 1.09 bits per heavy atom. The van der Waals surface area contributed by atoms with Gasteiger partial charge < -0.3 is 5.32 Å². The van der Waals surface area contributed by atoms with E-state index in [4.69, 9.17) is 11.6 Å². The van der Waals surface area contributed by atoms with Crippen molar-refractivity contribution in [3.8, 4) is 5.69 Å². The van der Waals surface area contributed by atoms with Crippen LogP contribution in [0, 0.1) is 6.92 Å². The van der Waals surface area contributed by atoms with E-state index in [1.54, 1.807) is 13.0 Å². The fourth-order valence-corrected chi connectivity index (χ4v) is 4.11. The van der Waals surface area contributed by atoms with E-state index in [9.17, 15) is 31.2 Å². The fraction of sp³-hybridized carbons (Fsp3) is 0.182. The van der Waals surface area contributed by atoms with Crippen molar-refractivity contribution in [2.24, 2.45) is 0 Å². The molecule has 0 radical (unpaired) electrons. The Bertz CT molecular complexity index is 1340. The molecule has 0 aliphatic rings. The molecule has 0 saturated heterocycles. The van der Waals surface area contributed by atoms with Gasteiger partial charge in [-0.1, -0.05) is 29.8 Å². The lowest BCUT2D eigenvalue weighted by molar-refractivity contribution is -0.137. The molecule has 1 N–H and O–H groups in total. The summed E-state index contributed by atoms with van der Waals surface area (Å²) in [6, 6.07) is 11.7. The summed E-state index contributed by atoms with van der Waals surface area (Å²) < 4.78 is 62.0. The van der Waals surface area contributed by atoms with Crippen LogP contribution in [0.25, 0.3) is 5.69 Å². The number of carbonyl (C=O) groups is 1. The Morgan fingerprint density at radius 3 is 2.45 bits per heavy atom. The van der Waals surface area contributed by atoms with Crippen molar-refractivity contribution in [3.63, 3.8) is 0 Å². The minimum absolute atomic E-state index is 0.000773. The highest BCUT2D eigenvalue weighted by Crippen LogP contribution is 2.30. The lowest BCUT2D eigenvalue weighted by Crippen LogP contribution is -2.33. The molecular weight excluding hydrogens is 481 g/mol. The van der Waals surface area contributed by atoms with Crippen molar-refractivity contribution in [1.29, 1.82) is 0 Å². The zero-order valence-corrected chi connectivity index (χ0v) is 18.8. The van der Waals surface area contributed by atoms with Crippen molar-refractivity contribution >= 4 is 28.2 Å². The van der Waals surface area contributed by atoms with E-state index in [2.05, 4.69) is 5.32 Å². The number of rotatable bonds is 6. The Morgan fingerprint density at radius 2 is 1.82 bits per heavy atom. The largest absolute Gasteiger partial charge is 0.416 e. The molecule has 33 heavy (non-hydrogen) atoms. The van der Waals surface area contributed by atoms with Gasteiger partial charge in [-0.05, 0) is 54.4 Å². The van der Waals surface area contributed by atoms with Gasteiger partial charge in [0, 0.05) is 22.9 Å². The lowest BCUT2D eigenvalue weighted by atomic mass is 10.1. The van der Waals surface area contributed by atoms with Crippen LogP contribution in [0.15, 0.2) is 59.4 Å². The number of nitrogens with one attached hydrogen (secondary N) is 1. The van der Waals surface area contributed by atoms with Gasteiger partial charge in [-0.25, -0.2) is 8.42 Å². The first-order valence-corrected chi connectivity index (χ1v) is 11.3. The zero-order chi connectivity index (χ0) is 24.3. The minimum atomic E-state index is -4.58. The van der Waals surface area contributed by atoms with Gasteiger partial charge in [0.15, 0.2) is 0 Å². The predicted octanol–water partition coefficient (Wildman–Crippen LogP) is 3.86. The number of benzene rings is 2. The number of alkyl halides is 3. The van der Waals surface area contributed by atoms with Crippen molar-refractivity contribution in [2.75, 3.05) is 0 Å². The monoisotopic (exact) mass is 498 g/mol. The molecule has 3 rings (SSSR count). The summed E-state index contributed by atoms with van der Waals surface area (Å²) in [5.74, 6) is -0.928. The summed E-state index contributed by atoms with van der Waals surface area (Å²) >= 11 is 6.07. The molecule has 1 heterocycles. The Hall–Kier alpha value is -3.11. The second kappa shape index (κ2) is 9.80. The number of aryl methyl sites for hydroxylation is 1. The van der Waals surface area contributed by atoms with E-state index < -0.39 is 33.9 Å². The van der Waals surface area contributed by atoms with E-state index in [1.165, 1.54) is 36.4 Å². The molecule has 0 aliphatic carbocycles. The SMILES string of the molecule is Cc1ccc(C(=O)NCc2ccc(C[SH](=O)=O)c(Cl)c2)c(=O)n1-c1cccc(C(F)(F)F)c1. The van der Waals surface area contributed by atoms with Gasteiger partial charge in [0.1, 0.15) is 16.3 Å². The molecule has 0 bridgehead atoms. The topological polar surface area (TPSA) is 85.2 Å². The summed E-state index contributed by atoms with van der Waals surface area (Å²) in [6.45, 7) is 1.54. The molecule has 11 heteroatoms. The number of pyridine rings is 1. The number of aromatic nitrogens is 1. The molecule has 174 valence electrons. The van der Waals surface area contributed by atoms with Crippen LogP contribution in [0.4, 0.5) is 13.2 Å². The summed E-state index contributed by atoms with van der Waals surface area (Å²) in [5.41, 5.74) is -0.587. The smallest absolute Gasteiger partial charge is 0.348 e. The van der Waals surface area contributed by atoms with Crippen LogP contribution in [0.5, 0.6) is 0 Å². The summed E-state index contributed by atoms with van der Waals surface area (Å²) in [7, 11) is -2.64. The highest BCUT2D eigenvalue weighted by atomic mass is 35.5. The maximum atomic E-state index is 13.1. The van der Waals surface area contributed by atoms with Gasteiger partial charge in [-0.3, -0.25) is 14.2 Å². The lowest BCUT2D eigenvalue weighted by Gasteiger charge is -2.14. The summed E-state index contributed by atoms with van der Waals surface area (Å²) in [4.78, 5) is 25.6. The molecule has 1 amide bonds. The van der Waals surface area contributed by atoms with Gasteiger partial charge in [-0.2, -0.15) is 13.2 Å². The van der Waals surface area contributed by atoms with Crippen molar-refractivity contribution < 1.29 is 26.4 Å². The first kappa shape index (κ1) is 24.5. The average molecular weight is 499 g/mol. The Kier molecular flexibility index (Phi) is 7.28. The first-order valence-electron chi connectivity index (χ1n) is 9.55. The molecule has 0 aliphatic heterocycles. The molecule has 0 spiro atoms. The summed E-state index contributed by atoms with van der Waals surface area (Å²) in [5, 5.41) is 2.79. The van der Waals surface area contributed by atoms with Crippen LogP contribution in [0.1, 0.15) is 32.7 Å². The van der Waals surface area contributed by atoms with Gasteiger partial charge in [0.25, 0.3) is 11.5 Å². The molecule has 3 aromatic rings. The molecular formula is C22H18ClF3N2O4S. The standard InChI is InChI=1S/C22H18ClF3N2O4S/c1-13-5-8-18(21(30)28(13)17-4-2-3-16(10-17)22(24,25)26)20(29)27-11-14-6-7-15(12-33(31)32)19(23)9-14/h2-10,33H,11-12H2,1H3,(H,27,29). The van der Waals surface area contributed by atoms with E-state index in [-0.39, 0.29) is 28.6 Å². The van der Waals surface area contributed by atoms with E-state index in [0.29, 0.717) is 16.8 Å². The Balaban J connectivity index is 1.86. The second-order valence-corrected chi connectivity index (χ2v) is 8.57. The highest BCUT2D eigenvalue weighted by molar-refractivity contribution is 7.71. The van der Waals surface area contributed by atoms with Crippen molar-refractivity contribution in [2.45, 2.75) is 25.4 Å². The van der Waals surface area contributed by atoms with Crippen LogP contribution in [-0.4, -0.2) is 18.9 Å². The van der Waals surface area contributed by atoms with Gasteiger partial charge >= 0.3 is 6.18 Å². The number of hydrogen-bond acceptors (Lipinski definition) is 4. The van der Waals surface area contributed by atoms with Crippen LogP contribution >= 0.6 is 11.6 Å². The third kappa shape index (κ3) is 5.82. The quantitative estimate of drug-likeness (QED) is 0.505. The van der Waals surface area contributed by atoms with Crippen LogP contribution < -0.4 is 10.9 Å². The third-order valence-corrected chi connectivity index (χ3v) is 5.77. The molecule has 6 nitrogen and oxygen atoms in total. The Labute approximate surface area is 193 Å². The third-order valence-electron chi connectivity index (χ3n) is 4.82. The molecule has 0 atom stereocenters. The highest BCUT2D eigenvalue weighted by Gasteiger charge is 2.30. The number of carbonyl (C=O) groups excluding carboxylic acids is 1. The van der Waals surface area contributed by atoms with Crippen LogP contribution in [0.3, 0.4) is 0 Å². The number of thiol groups is 1. The van der Waals surface area contributed by atoms with Gasteiger partial charge in [-0.15, -0.1) is 0 Å². The normalized spacial score (nSPS) is 11.6. The fourth-order valence-electron chi connectivity index (χ4n) is 3.19. The molecule has 1 aromatic heterocycles. The average Bonchev–Trinajstić information content (AvgIpc) is 2.73. The maximum Gasteiger partial charge on any atom is 0.416 e.